The van der Waals surface area contributed by atoms with Crippen LogP contribution in [0.15, 0.2) is 29.4 Å². The number of benzene rings is 1. The molecule has 0 bridgehead atoms. The number of fused-ring (bicyclic) bond motifs is 1. The lowest BCUT2D eigenvalue weighted by Crippen LogP contribution is -2.32. The minimum absolute atomic E-state index is 0.0294. The lowest BCUT2D eigenvalue weighted by atomic mass is 10.1. The van der Waals surface area contributed by atoms with E-state index in [0.717, 1.165) is 41.7 Å². The first-order valence-electron chi connectivity index (χ1n) is 9.82. The van der Waals surface area contributed by atoms with Crippen molar-refractivity contribution in [2.45, 2.75) is 44.7 Å². The topological polar surface area (TPSA) is 81.9 Å². The zero-order valence-corrected chi connectivity index (χ0v) is 17.8. The molecule has 4 rings (SSSR count). The second kappa shape index (κ2) is 8.51. The molecule has 0 aliphatic carbocycles. The van der Waals surface area contributed by atoms with Gasteiger partial charge in [-0.25, -0.2) is 4.68 Å². The predicted octanol–water partition coefficient (Wildman–Crippen LogP) is 3.13. The van der Waals surface area contributed by atoms with E-state index in [0.29, 0.717) is 11.6 Å². The van der Waals surface area contributed by atoms with Crippen LogP contribution in [0.5, 0.6) is 0 Å². The van der Waals surface area contributed by atoms with E-state index < -0.39 is 0 Å². The summed E-state index contributed by atoms with van der Waals surface area (Å²) in [6, 6.07) is 6.25. The molecule has 152 valence electrons. The molecule has 0 radical (unpaired) electrons. The third-order valence-corrected chi connectivity index (χ3v) is 6.23. The van der Waals surface area contributed by atoms with Crippen LogP contribution in [0.4, 0.5) is 0 Å². The van der Waals surface area contributed by atoms with E-state index in [-0.39, 0.29) is 17.8 Å². The Balaban J connectivity index is 1.55. The van der Waals surface area contributed by atoms with Crippen LogP contribution < -0.4 is 5.32 Å². The Kier molecular flexibility index (Phi) is 5.82. The fourth-order valence-corrected chi connectivity index (χ4v) is 4.21. The molecule has 1 aliphatic rings. The molecule has 0 spiro atoms. The first kappa shape index (κ1) is 19.8. The highest BCUT2D eigenvalue weighted by Gasteiger charge is 2.18. The van der Waals surface area contributed by atoms with Gasteiger partial charge in [-0.3, -0.25) is 4.79 Å². The summed E-state index contributed by atoms with van der Waals surface area (Å²) in [4.78, 5) is 12.3. The molecule has 2 aromatic heterocycles. The first-order chi connectivity index (χ1) is 14.0. The lowest BCUT2D eigenvalue weighted by molar-refractivity contribution is -0.119. The van der Waals surface area contributed by atoms with Crippen LogP contribution in [-0.4, -0.2) is 50.9 Å². The summed E-state index contributed by atoms with van der Waals surface area (Å²) in [7, 11) is 0. The van der Waals surface area contributed by atoms with Crippen LogP contribution in [0.25, 0.3) is 16.6 Å². The monoisotopic (exact) mass is 411 g/mol. The molecular weight excluding hydrogens is 386 g/mol. The van der Waals surface area contributed by atoms with Crippen molar-refractivity contribution in [3.8, 4) is 5.69 Å². The van der Waals surface area contributed by atoms with Crippen molar-refractivity contribution in [2.24, 2.45) is 0 Å². The number of hydrogen-bond donors (Lipinski definition) is 1. The van der Waals surface area contributed by atoms with E-state index >= 15 is 0 Å². The number of thioether (sulfide) groups is 1. The van der Waals surface area contributed by atoms with Gasteiger partial charge in [0.1, 0.15) is 10.5 Å². The summed E-state index contributed by atoms with van der Waals surface area (Å²) in [6.45, 7) is 7.45. The van der Waals surface area contributed by atoms with E-state index in [9.17, 15) is 4.79 Å². The van der Waals surface area contributed by atoms with E-state index in [4.69, 9.17) is 4.74 Å². The number of hydrogen-bond acceptors (Lipinski definition) is 6. The summed E-state index contributed by atoms with van der Waals surface area (Å²) >= 11 is 1.38. The largest absolute Gasteiger partial charge is 0.376 e. The van der Waals surface area contributed by atoms with Gasteiger partial charge in [-0.1, -0.05) is 17.8 Å². The minimum Gasteiger partial charge on any atom is -0.376 e. The van der Waals surface area contributed by atoms with Crippen LogP contribution in [0.2, 0.25) is 0 Å². The zero-order chi connectivity index (χ0) is 20.4. The third kappa shape index (κ3) is 4.28. The van der Waals surface area contributed by atoms with E-state index in [1.54, 1.807) is 0 Å². The Morgan fingerprint density at radius 1 is 1.28 bits per heavy atom. The van der Waals surface area contributed by atoms with Crippen molar-refractivity contribution >= 4 is 28.6 Å². The molecule has 8 heteroatoms. The fourth-order valence-electron chi connectivity index (χ4n) is 3.41. The quantitative estimate of drug-likeness (QED) is 0.628. The number of nitrogens with one attached hydrogen (secondary N) is 1. The summed E-state index contributed by atoms with van der Waals surface area (Å²) in [6.07, 6.45) is 4.03. The molecule has 29 heavy (non-hydrogen) atoms. The van der Waals surface area contributed by atoms with Gasteiger partial charge >= 0.3 is 0 Å². The van der Waals surface area contributed by atoms with Crippen molar-refractivity contribution < 1.29 is 9.53 Å². The normalized spacial score (nSPS) is 16.4. The number of amides is 1. The van der Waals surface area contributed by atoms with Gasteiger partial charge in [-0.2, -0.15) is 10.2 Å². The van der Waals surface area contributed by atoms with Gasteiger partial charge in [0.2, 0.25) is 5.91 Å². The molecule has 1 fully saturated rings. The molecule has 1 aromatic carbocycles. The third-order valence-electron chi connectivity index (χ3n) is 5.28. The molecule has 3 heterocycles. The number of aromatic nitrogens is 4. The molecule has 1 saturated heterocycles. The molecule has 1 amide bonds. The number of carbonyl (C=O) groups excluding carboxylic acids is 1. The van der Waals surface area contributed by atoms with Crippen molar-refractivity contribution in [1.29, 1.82) is 0 Å². The number of aryl methyl sites for hydroxylation is 3. The number of rotatable bonds is 6. The molecule has 3 aromatic rings. The van der Waals surface area contributed by atoms with Gasteiger partial charge in [0.25, 0.3) is 0 Å². The minimum atomic E-state index is -0.0294. The molecule has 1 N–H and O–H groups in total. The standard InChI is InChI=1S/C21H25N5O2S/c1-13-6-7-16(9-14(13)2)26-20-18(11-23-26)15(3)24-25-21(20)29-12-19(27)22-10-17-5-4-8-28-17/h6-7,9,11,17H,4-5,8,10,12H2,1-3H3,(H,22,27)/t17-/m0/s1. The Morgan fingerprint density at radius 2 is 2.14 bits per heavy atom. The second-order valence-corrected chi connectivity index (χ2v) is 8.37. The van der Waals surface area contributed by atoms with Gasteiger partial charge in [-0.15, -0.1) is 5.10 Å². The van der Waals surface area contributed by atoms with Gasteiger partial charge in [0.05, 0.1) is 29.4 Å². The summed E-state index contributed by atoms with van der Waals surface area (Å²) in [5.41, 5.74) is 5.12. The van der Waals surface area contributed by atoms with Gasteiger partial charge < -0.3 is 10.1 Å². The van der Waals surface area contributed by atoms with Gasteiger partial charge in [0.15, 0.2) is 0 Å². The lowest BCUT2D eigenvalue weighted by Gasteiger charge is -2.11. The molecule has 0 unspecified atom stereocenters. The van der Waals surface area contributed by atoms with E-state index in [2.05, 4.69) is 46.6 Å². The van der Waals surface area contributed by atoms with Gasteiger partial charge in [0, 0.05) is 18.5 Å². The molecule has 7 nitrogen and oxygen atoms in total. The highest BCUT2D eigenvalue weighted by Crippen LogP contribution is 2.29. The highest BCUT2D eigenvalue weighted by molar-refractivity contribution is 8.00. The van der Waals surface area contributed by atoms with Crippen molar-refractivity contribution in [2.75, 3.05) is 18.9 Å². The van der Waals surface area contributed by atoms with Crippen LogP contribution in [0, 0.1) is 20.8 Å². The van der Waals surface area contributed by atoms with Crippen molar-refractivity contribution in [1.82, 2.24) is 25.3 Å². The fraction of sp³-hybridized carbons (Fsp3) is 0.429. The molecule has 0 saturated carbocycles. The number of carbonyl (C=O) groups is 1. The Labute approximate surface area is 174 Å². The van der Waals surface area contributed by atoms with Crippen molar-refractivity contribution in [3.05, 3.63) is 41.2 Å². The maximum Gasteiger partial charge on any atom is 0.230 e. The summed E-state index contributed by atoms with van der Waals surface area (Å²) in [5, 5.41) is 17.8. The Hall–Kier alpha value is -2.45. The van der Waals surface area contributed by atoms with Crippen LogP contribution >= 0.6 is 11.8 Å². The van der Waals surface area contributed by atoms with Crippen LogP contribution in [0.1, 0.15) is 29.7 Å². The maximum absolute atomic E-state index is 12.3. The molecule has 1 atom stereocenters. The molecular formula is C21H25N5O2S. The highest BCUT2D eigenvalue weighted by atomic mass is 32.2. The number of ether oxygens (including phenoxy) is 1. The average Bonchev–Trinajstić information content (AvgIpc) is 3.38. The van der Waals surface area contributed by atoms with Crippen LogP contribution in [0.3, 0.4) is 0 Å². The van der Waals surface area contributed by atoms with Crippen LogP contribution in [-0.2, 0) is 9.53 Å². The first-order valence-corrected chi connectivity index (χ1v) is 10.8. The summed E-state index contributed by atoms with van der Waals surface area (Å²) in [5.74, 6) is 0.246. The zero-order valence-electron chi connectivity index (χ0n) is 16.9. The summed E-state index contributed by atoms with van der Waals surface area (Å²) < 4.78 is 7.44. The number of nitrogens with zero attached hydrogens (tertiary/aromatic N) is 4. The van der Waals surface area contributed by atoms with E-state index in [1.165, 1.54) is 22.9 Å². The Bertz CT molecular complexity index is 1040. The second-order valence-electron chi connectivity index (χ2n) is 7.41. The molecule has 1 aliphatic heterocycles. The smallest absolute Gasteiger partial charge is 0.230 e. The predicted molar refractivity (Wildman–Crippen MR) is 114 cm³/mol. The SMILES string of the molecule is Cc1ccc(-n2ncc3c(C)nnc(SCC(=O)NC[C@@H]4CCCO4)c32)cc1C. The average molecular weight is 412 g/mol. The maximum atomic E-state index is 12.3. The van der Waals surface area contributed by atoms with Crippen molar-refractivity contribution in [3.63, 3.8) is 0 Å². The Morgan fingerprint density at radius 3 is 2.90 bits per heavy atom. The van der Waals surface area contributed by atoms with E-state index in [1.807, 2.05) is 23.9 Å². The van der Waals surface area contributed by atoms with Gasteiger partial charge in [-0.05, 0) is 56.9 Å².